The van der Waals surface area contributed by atoms with Gasteiger partial charge >= 0.3 is 6.09 Å². The van der Waals surface area contributed by atoms with Crippen LogP contribution in [0.1, 0.15) is 17.2 Å². The van der Waals surface area contributed by atoms with Crippen LogP contribution < -0.4 is 16.4 Å². The third-order valence-electron chi connectivity index (χ3n) is 5.09. The van der Waals surface area contributed by atoms with Gasteiger partial charge < -0.3 is 25.6 Å². The molecule has 0 aromatic heterocycles. The second-order valence-corrected chi connectivity index (χ2v) is 9.37. The number of phenols is 1. The Kier molecular flexibility index (Phi) is 9.68. The van der Waals surface area contributed by atoms with Gasteiger partial charge in [-0.05, 0) is 70.5 Å². The minimum absolute atomic E-state index is 0.170. The highest BCUT2D eigenvalue weighted by Gasteiger charge is 2.29. The van der Waals surface area contributed by atoms with Crippen molar-refractivity contribution in [2.24, 2.45) is 0 Å². The van der Waals surface area contributed by atoms with Crippen molar-refractivity contribution >= 4 is 60.9 Å². The summed E-state index contributed by atoms with van der Waals surface area (Å²) in [7, 11) is 1.38. The molecule has 3 aromatic rings. The number of nitrogen functional groups attached to an aromatic ring is 1. The Hall–Kier alpha value is -3.85. The smallest absolute Gasteiger partial charge is 0.412 e. The molecule has 37 heavy (non-hydrogen) atoms. The summed E-state index contributed by atoms with van der Waals surface area (Å²) >= 11 is 6.65. The molecule has 0 aliphatic carbocycles. The molecule has 0 saturated heterocycles. The second kappa shape index (κ2) is 12.9. The largest absolute Gasteiger partial charge is 0.506 e. The lowest BCUT2D eigenvalue weighted by molar-refractivity contribution is -0.112. The maximum atomic E-state index is 12.8. The van der Waals surface area contributed by atoms with Gasteiger partial charge in [-0.1, -0.05) is 28.1 Å². The van der Waals surface area contributed by atoms with Gasteiger partial charge in [0.2, 0.25) is 5.91 Å². The molecule has 0 aliphatic heterocycles. The number of nitriles is 1. The molecule has 3 rings (SSSR count). The average Bonchev–Trinajstić information content (AvgIpc) is 2.87. The molecule has 0 heterocycles. The number of carbonyl (C=O) groups is 2. The number of carbonyl (C=O) groups excluding carboxylic acids is 2. The number of phenolic OH excluding ortho intramolecular Hbond substituents is 1. The molecule has 0 fully saturated rings. The van der Waals surface area contributed by atoms with Crippen LogP contribution in [0, 0.1) is 11.3 Å². The summed E-state index contributed by atoms with van der Waals surface area (Å²) in [5.41, 5.74) is 7.76. The van der Waals surface area contributed by atoms with Crippen molar-refractivity contribution in [3.63, 3.8) is 0 Å². The van der Waals surface area contributed by atoms with Gasteiger partial charge in [0.25, 0.3) is 0 Å². The summed E-state index contributed by atoms with van der Waals surface area (Å²) in [6.45, 7) is 0. The number of nitrogens with two attached hydrogens (primary N) is 1. The standard InChI is InChI=1S/C26H22Br2N4O5/c1-36-22(10-11-23(33)32-21-5-3-2-4-20(21)30)25(18-12-16(27)13-19(28)24(18)34)37-26(35)31-17-8-6-15(14-29)7-9-17/h2-13,22,25,34H,30H2,1H3,(H,31,35)(H,32,33)/b11-10+/t22-,25-/m1/s1. The first kappa shape index (κ1) is 27.7. The van der Waals surface area contributed by atoms with E-state index < -0.39 is 24.2 Å². The molecule has 5 N–H and O–H groups in total. The number of methoxy groups -OCH3 is 1. The van der Waals surface area contributed by atoms with Crippen LogP contribution >= 0.6 is 31.9 Å². The molecule has 2 atom stereocenters. The number of rotatable bonds is 8. The fraction of sp³-hybridized carbons (Fsp3) is 0.115. The molecule has 11 heteroatoms. The highest BCUT2D eigenvalue weighted by molar-refractivity contribution is 9.11. The fourth-order valence-corrected chi connectivity index (χ4v) is 4.53. The van der Waals surface area contributed by atoms with Gasteiger partial charge in [0, 0.05) is 28.9 Å². The normalized spacial score (nSPS) is 12.4. The summed E-state index contributed by atoms with van der Waals surface area (Å²) in [4.78, 5) is 25.3. The molecular formula is C26H22Br2N4O5. The molecule has 0 spiro atoms. The van der Waals surface area contributed by atoms with Crippen molar-refractivity contribution < 1.29 is 24.2 Å². The first-order valence-corrected chi connectivity index (χ1v) is 12.3. The van der Waals surface area contributed by atoms with E-state index in [-0.39, 0.29) is 11.3 Å². The summed E-state index contributed by atoms with van der Waals surface area (Å²) in [6, 6.07) is 18.2. The van der Waals surface area contributed by atoms with E-state index in [1.807, 2.05) is 6.07 Å². The molecule has 0 radical (unpaired) electrons. The van der Waals surface area contributed by atoms with Crippen LogP contribution in [0.2, 0.25) is 0 Å². The topological polar surface area (TPSA) is 147 Å². The van der Waals surface area contributed by atoms with Crippen molar-refractivity contribution in [2.75, 3.05) is 23.5 Å². The molecular weight excluding hydrogens is 608 g/mol. The SMILES string of the molecule is CO[C@H](/C=C/C(=O)Nc1ccccc1N)[C@H](OC(=O)Nc1ccc(C#N)cc1)c1cc(Br)cc(Br)c1O. The van der Waals surface area contributed by atoms with E-state index in [1.165, 1.54) is 19.3 Å². The van der Waals surface area contributed by atoms with Gasteiger partial charge in [0.1, 0.15) is 11.9 Å². The van der Waals surface area contributed by atoms with Gasteiger partial charge in [-0.2, -0.15) is 5.26 Å². The number of nitrogens with zero attached hydrogens (tertiary/aromatic N) is 1. The number of benzene rings is 3. The van der Waals surface area contributed by atoms with Crippen LogP contribution in [0.5, 0.6) is 5.75 Å². The predicted molar refractivity (Wildman–Crippen MR) is 147 cm³/mol. The molecule has 190 valence electrons. The lowest BCUT2D eigenvalue weighted by Crippen LogP contribution is -2.27. The molecule has 9 nitrogen and oxygen atoms in total. The molecule has 3 aromatic carbocycles. The number of amides is 2. The maximum absolute atomic E-state index is 12.8. The number of hydrogen-bond acceptors (Lipinski definition) is 7. The van der Waals surface area contributed by atoms with Gasteiger partial charge in [0.15, 0.2) is 6.10 Å². The van der Waals surface area contributed by atoms with Crippen LogP contribution in [-0.4, -0.2) is 30.3 Å². The molecule has 0 saturated carbocycles. The van der Waals surface area contributed by atoms with E-state index in [0.29, 0.717) is 31.6 Å². The van der Waals surface area contributed by atoms with Crippen LogP contribution in [0.25, 0.3) is 0 Å². The zero-order valence-corrected chi connectivity index (χ0v) is 22.6. The molecule has 0 aliphatic rings. The van der Waals surface area contributed by atoms with E-state index in [4.69, 9.17) is 20.5 Å². The zero-order chi connectivity index (χ0) is 26.9. The summed E-state index contributed by atoms with van der Waals surface area (Å²) < 4.78 is 12.2. The number of hydrogen-bond donors (Lipinski definition) is 4. The highest BCUT2D eigenvalue weighted by Crippen LogP contribution is 2.39. The first-order valence-electron chi connectivity index (χ1n) is 10.7. The van der Waals surface area contributed by atoms with Gasteiger partial charge in [0.05, 0.1) is 27.5 Å². The Morgan fingerprint density at radius 3 is 2.46 bits per heavy atom. The van der Waals surface area contributed by atoms with Crippen molar-refractivity contribution in [2.45, 2.75) is 12.2 Å². The predicted octanol–water partition coefficient (Wildman–Crippen LogP) is 5.87. The first-order chi connectivity index (χ1) is 17.7. The summed E-state index contributed by atoms with van der Waals surface area (Å²) in [5.74, 6) is -0.656. The Balaban J connectivity index is 1.87. The summed E-state index contributed by atoms with van der Waals surface area (Å²) in [5, 5.41) is 24.9. The second-order valence-electron chi connectivity index (χ2n) is 7.60. The number of nitrogens with one attached hydrogen (secondary N) is 2. The van der Waals surface area contributed by atoms with Crippen molar-refractivity contribution in [3.8, 4) is 11.8 Å². The van der Waals surface area contributed by atoms with Crippen LogP contribution in [0.3, 0.4) is 0 Å². The number of anilines is 3. The molecule has 0 unspecified atom stereocenters. The molecule has 2 amide bonds. The fourth-order valence-electron chi connectivity index (χ4n) is 3.27. The zero-order valence-electron chi connectivity index (χ0n) is 19.4. The van der Waals surface area contributed by atoms with Gasteiger partial charge in [-0.15, -0.1) is 0 Å². The van der Waals surface area contributed by atoms with Crippen LogP contribution in [-0.2, 0) is 14.3 Å². The van der Waals surface area contributed by atoms with E-state index >= 15 is 0 Å². The third-order valence-corrected chi connectivity index (χ3v) is 6.15. The van der Waals surface area contributed by atoms with E-state index in [0.717, 1.165) is 0 Å². The number of ether oxygens (including phenoxy) is 2. The van der Waals surface area contributed by atoms with Crippen molar-refractivity contribution in [1.29, 1.82) is 5.26 Å². The average molecular weight is 630 g/mol. The Labute approximate surface area is 230 Å². The van der Waals surface area contributed by atoms with E-state index in [2.05, 4.69) is 42.5 Å². The van der Waals surface area contributed by atoms with Crippen molar-refractivity contribution in [3.05, 3.63) is 92.9 Å². The lowest BCUT2D eigenvalue weighted by atomic mass is 10.0. The van der Waals surface area contributed by atoms with Gasteiger partial charge in [-0.25, -0.2) is 4.79 Å². The summed E-state index contributed by atoms with van der Waals surface area (Å²) in [6.07, 6.45) is -0.357. The van der Waals surface area contributed by atoms with E-state index in [1.54, 1.807) is 60.7 Å². The number of halogens is 2. The maximum Gasteiger partial charge on any atom is 0.412 e. The lowest BCUT2D eigenvalue weighted by Gasteiger charge is -2.25. The van der Waals surface area contributed by atoms with Crippen molar-refractivity contribution in [1.82, 2.24) is 0 Å². The van der Waals surface area contributed by atoms with E-state index in [9.17, 15) is 14.7 Å². The third kappa shape index (κ3) is 7.57. The van der Waals surface area contributed by atoms with Crippen LogP contribution in [0.4, 0.5) is 21.9 Å². The Morgan fingerprint density at radius 1 is 1.11 bits per heavy atom. The monoisotopic (exact) mass is 628 g/mol. The molecule has 0 bridgehead atoms. The quantitative estimate of drug-likeness (QED) is 0.180. The highest BCUT2D eigenvalue weighted by atomic mass is 79.9. The number of para-hydroxylation sites is 2. The minimum atomic E-state index is -1.16. The Morgan fingerprint density at radius 2 is 1.81 bits per heavy atom. The van der Waals surface area contributed by atoms with Crippen LogP contribution in [0.15, 0.2) is 81.8 Å². The van der Waals surface area contributed by atoms with Gasteiger partial charge in [-0.3, -0.25) is 10.1 Å². The number of aromatic hydroxyl groups is 1. The minimum Gasteiger partial charge on any atom is -0.506 e. The Bertz CT molecular complexity index is 1360.